The molecule has 5 heteroatoms. The van der Waals surface area contributed by atoms with Crippen molar-refractivity contribution in [2.24, 2.45) is 10.7 Å². The highest BCUT2D eigenvalue weighted by atomic mass is 16.5. The molecule has 0 atom stereocenters. The topological polar surface area (TPSA) is 68.9 Å². The molecule has 3 N–H and O–H groups in total. The van der Waals surface area contributed by atoms with Crippen molar-refractivity contribution in [3.8, 4) is 11.5 Å². The summed E-state index contributed by atoms with van der Waals surface area (Å²) >= 11 is 0. The van der Waals surface area contributed by atoms with Crippen molar-refractivity contribution in [2.75, 3.05) is 19.0 Å². The number of guanidine groups is 1. The summed E-state index contributed by atoms with van der Waals surface area (Å²) in [5, 5.41) is 3.14. The summed E-state index contributed by atoms with van der Waals surface area (Å²) in [4.78, 5) is 4.41. The predicted octanol–water partition coefficient (Wildman–Crippen LogP) is 4.14. The summed E-state index contributed by atoms with van der Waals surface area (Å²) in [5.74, 6) is 2.28. The number of rotatable bonds is 7. The summed E-state index contributed by atoms with van der Waals surface area (Å²) in [6.45, 7) is 7.32. The standard InChI is InChI=1S/C20H27N3O2/c1-5-25-19-11-15(9-10-18(19)24-4)13-22-20(21)23-17-8-6-7-16(12-17)14(2)3/h6-12,14H,5,13H2,1-4H3,(H3,21,22,23). The largest absolute Gasteiger partial charge is 0.493 e. The second-order valence-electron chi connectivity index (χ2n) is 6.02. The van der Waals surface area contributed by atoms with Gasteiger partial charge in [-0.15, -0.1) is 0 Å². The fourth-order valence-electron chi connectivity index (χ4n) is 2.43. The van der Waals surface area contributed by atoms with Gasteiger partial charge in [0.05, 0.1) is 20.3 Å². The average molecular weight is 341 g/mol. The first-order valence-electron chi connectivity index (χ1n) is 8.50. The van der Waals surface area contributed by atoms with Crippen LogP contribution in [-0.4, -0.2) is 19.7 Å². The van der Waals surface area contributed by atoms with Crippen LogP contribution in [-0.2, 0) is 6.54 Å². The molecule has 0 spiro atoms. The number of nitrogens with zero attached hydrogens (tertiary/aromatic N) is 1. The molecule has 2 aromatic carbocycles. The van der Waals surface area contributed by atoms with Crippen LogP contribution >= 0.6 is 0 Å². The first-order valence-corrected chi connectivity index (χ1v) is 8.50. The van der Waals surface area contributed by atoms with Crippen LogP contribution in [0.2, 0.25) is 0 Å². The number of benzene rings is 2. The van der Waals surface area contributed by atoms with Crippen LogP contribution in [0.1, 0.15) is 37.8 Å². The van der Waals surface area contributed by atoms with Gasteiger partial charge in [0.1, 0.15) is 0 Å². The normalized spacial score (nSPS) is 11.5. The van der Waals surface area contributed by atoms with Crippen LogP contribution in [0.4, 0.5) is 5.69 Å². The van der Waals surface area contributed by atoms with E-state index in [2.05, 4.69) is 36.3 Å². The van der Waals surface area contributed by atoms with Gasteiger partial charge in [-0.05, 0) is 48.2 Å². The predicted molar refractivity (Wildman–Crippen MR) is 104 cm³/mol. The molecule has 0 saturated carbocycles. The highest BCUT2D eigenvalue weighted by Crippen LogP contribution is 2.28. The molecule has 0 aliphatic heterocycles. The minimum Gasteiger partial charge on any atom is -0.493 e. The van der Waals surface area contributed by atoms with Crippen molar-refractivity contribution >= 4 is 11.6 Å². The number of hydrogen-bond acceptors (Lipinski definition) is 3. The van der Waals surface area contributed by atoms with Gasteiger partial charge in [0, 0.05) is 5.69 Å². The molecule has 0 heterocycles. The van der Waals surface area contributed by atoms with E-state index in [1.54, 1.807) is 7.11 Å². The molecule has 0 radical (unpaired) electrons. The molecule has 0 unspecified atom stereocenters. The van der Waals surface area contributed by atoms with E-state index in [0.717, 1.165) is 11.3 Å². The molecule has 0 aromatic heterocycles. The number of aliphatic imine (C=N–C) groups is 1. The summed E-state index contributed by atoms with van der Waals surface area (Å²) in [7, 11) is 1.63. The van der Waals surface area contributed by atoms with E-state index >= 15 is 0 Å². The number of hydrogen-bond donors (Lipinski definition) is 2. The van der Waals surface area contributed by atoms with Crippen LogP contribution < -0.4 is 20.5 Å². The van der Waals surface area contributed by atoms with Crippen LogP contribution in [0.5, 0.6) is 11.5 Å². The Hall–Kier alpha value is -2.69. The SMILES string of the molecule is CCOc1cc(CN=C(N)Nc2cccc(C(C)C)c2)ccc1OC. The van der Waals surface area contributed by atoms with Gasteiger partial charge >= 0.3 is 0 Å². The molecule has 2 rings (SSSR count). The molecule has 5 nitrogen and oxygen atoms in total. The van der Waals surface area contributed by atoms with Crippen LogP contribution in [0.3, 0.4) is 0 Å². The second-order valence-corrected chi connectivity index (χ2v) is 6.02. The maximum atomic E-state index is 6.02. The maximum Gasteiger partial charge on any atom is 0.193 e. The minimum atomic E-state index is 0.384. The number of nitrogens with one attached hydrogen (secondary N) is 1. The number of nitrogens with two attached hydrogens (primary N) is 1. The van der Waals surface area contributed by atoms with Gasteiger partial charge in [0.15, 0.2) is 17.5 Å². The Morgan fingerprint density at radius 3 is 2.64 bits per heavy atom. The van der Waals surface area contributed by atoms with Crippen molar-refractivity contribution in [1.82, 2.24) is 0 Å². The third-order valence-corrected chi connectivity index (χ3v) is 3.79. The molecular weight excluding hydrogens is 314 g/mol. The van der Waals surface area contributed by atoms with Crippen molar-refractivity contribution in [2.45, 2.75) is 33.2 Å². The Labute approximate surface area is 149 Å². The highest BCUT2D eigenvalue weighted by molar-refractivity contribution is 5.92. The van der Waals surface area contributed by atoms with E-state index in [-0.39, 0.29) is 0 Å². The van der Waals surface area contributed by atoms with E-state index in [9.17, 15) is 0 Å². The summed E-state index contributed by atoms with van der Waals surface area (Å²) in [6, 6.07) is 14.0. The first-order chi connectivity index (χ1) is 12.0. The van der Waals surface area contributed by atoms with Crippen LogP contribution in [0.25, 0.3) is 0 Å². The zero-order valence-electron chi connectivity index (χ0n) is 15.4. The molecule has 0 bridgehead atoms. The lowest BCUT2D eigenvalue weighted by Crippen LogP contribution is -2.22. The Balaban J connectivity index is 2.05. The molecular formula is C20H27N3O2. The van der Waals surface area contributed by atoms with Crippen molar-refractivity contribution in [3.63, 3.8) is 0 Å². The lowest BCUT2D eigenvalue weighted by Gasteiger charge is -2.11. The molecule has 0 amide bonds. The molecule has 0 aliphatic carbocycles. The second kappa shape index (κ2) is 8.97. The first kappa shape index (κ1) is 18.6. The van der Waals surface area contributed by atoms with E-state index in [1.807, 2.05) is 37.3 Å². The monoisotopic (exact) mass is 341 g/mol. The average Bonchev–Trinajstić information content (AvgIpc) is 2.60. The molecule has 25 heavy (non-hydrogen) atoms. The smallest absolute Gasteiger partial charge is 0.193 e. The quantitative estimate of drug-likeness (QED) is 0.586. The summed E-state index contributed by atoms with van der Waals surface area (Å²) in [6.07, 6.45) is 0. The Morgan fingerprint density at radius 1 is 1.16 bits per heavy atom. The lowest BCUT2D eigenvalue weighted by molar-refractivity contribution is 0.310. The number of methoxy groups -OCH3 is 1. The molecule has 134 valence electrons. The van der Waals surface area contributed by atoms with E-state index < -0.39 is 0 Å². The zero-order chi connectivity index (χ0) is 18.2. The molecule has 0 fully saturated rings. The van der Waals surface area contributed by atoms with Gasteiger partial charge in [-0.25, -0.2) is 4.99 Å². The lowest BCUT2D eigenvalue weighted by atomic mass is 10.0. The Morgan fingerprint density at radius 2 is 1.96 bits per heavy atom. The summed E-state index contributed by atoms with van der Waals surface area (Å²) < 4.78 is 10.9. The third-order valence-electron chi connectivity index (χ3n) is 3.79. The number of ether oxygens (including phenoxy) is 2. The van der Waals surface area contributed by atoms with Gasteiger partial charge in [-0.3, -0.25) is 0 Å². The van der Waals surface area contributed by atoms with Crippen LogP contribution in [0, 0.1) is 0 Å². The van der Waals surface area contributed by atoms with Crippen LogP contribution in [0.15, 0.2) is 47.5 Å². The van der Waals surface area contributed by atoms with Gasteiger partial charge in [-0.1, -0.05) is 32.0 Å². The Kier molecular flexibility index (Phi) is 6.69. The Bertz CT molecular complexity index is 727. The molecule has 0 saturated heterocycles. The van der Waals surface area contributed by atoms with Crippen molar-refractivity contribution in [1.29, 1.82) is 0 Å². The van der Waals surface area contributed by atoms with Gasteiger partial charge in [0.2, 0.25) is 0 Å². The van der Waals surface area contributed by atoms with Gasteiger partial charge < -0.3 is 20.5 Å². The van der Waals surface area contributed by atoms with Gasteiger partial charge in [0.25, 0.3) is 0 Å². The van der Waals surface area contributed by atoms with Crippen molar-refractivity contribution in [3.05, 3.63) is 53.6 Å². The maximum absolute atomic E-state index is 6.02. The van der Waals surface area contributed by atoms with E-state index in [4.69, 9.17) is 15.2 Å². The minimum absolute atomic E-state index is 0.384. The summed E-state index contributed by atoms with van der Waals surface area (Å²) in [5.41, 5.74) is 9.22. The molecule has 0 aliphatic rings. The van der Waals surface area contributed by atoms with Crippen molar-refractivity contribution < 1.29 is 9.47 Å². The van der Waals surface area contributed by atoms with Gasteiger partial charge in [-0.2, -0.15) is 0 Å². The zero-order valence-corrected chi connectivity index (χ0v) is 15.4. The highest BCUT2D eigenvalue weighted by Gasteiger charge is 2.05. The van der Waals surface area contributed by atoms with E-state index in [0.29, 0.717) is 36.5 Å². The fourth-order valence-corrected chi connectivity index (χ4v) is 2.43. The molecule has 2 aromatic rings. The third kappa shape index (κ3) is 5.41. The van der Waals surface area contributed by atoms with E-state index in [1.165, 1.54) is 5.56 Å². The number of anilines is 1. The fraction of sp³-hybridized carbons (Fsp3) is 0.350.